The van der Waals surface area contributed by atoms with Crippen molar-refractivity contribution in [2.24, 2.45) is 0 Å². The SMILES string of the molecule is CCC1(Nc2cc(C(=O)O)cc([N+](=O)[O-])c2C)CCC1. The molecule has 0 spiro atoms. The second-order valence-electron chi connectivity index (χ2n) is 5.34. The number of hydrogen-bond donors (Lipinski definition) is 2. The van der Waals surface area contributed by atoms with Crippen molar-refractivity contribution in [2.75, 3.05) is 5.32 Å². The van der Waals surface area contributed by atoms with Crippen LogP contribution in [-0.2, 0) is 0 Å². The minimum absolute atomic E-state index is 0.0459. The number of benzene rings is 1. The van der Waals surface area contributed by atoms with Crippen LogP contribution in [0, 0.1) is 17.0 Å². The second kappa shape index (κ2) is 5.11. The standard InChI is InChI=1S/C14H18N2O4/c1-3-14(5-4-6-14)15-11-7-10(13(17)18)8-12(9(11)2)16(19)20/h7-8,15H,3-6H2,1-2H3,(H,17,18). The summed E-state index contributed by atoms with van der Waals surface area (Å²) in [6, 6.07) is 2.60. The second-order valence-corrected chi connectivity index (χ2v) is 5.34. The normalized spacial score (nSPS) is 16.3. The number of nitrogens with zero attached hydrogens (tertiary/aromatic N) is 1. The average Bonchev–Trinajstić information content (AvgIpc) is 2.34. The number of hydrogen-bond acceptors (Lipinski definition) is 4. The quantitative estimate of drug-likeness (QED) is 0.636. The molecule has 20 heavy (non-hydrogen) atoms. The predicted molar refractivity (Wildman–Crippen MR) is 75.3 cm³/mol. The molecule has 0 radical (unpaired) electrons. The summed E-state index contributed by atoms with van der Waals surface area (Å²) in [5.41, 5.74) is 0.779. The van der Waals surface area contributed by atoms with Crippen LogP contribution in [0.1, 0.15) is 48.5 Å². The van der Waals surface area contributed by atoms with E-state index < -0.39 is 10.9 Å². The molecule has 1 saturated carbocycles. The van der Waals surface area contributed by atoms with E-state index in [4.69, 9.17) is 5.11 Å². The van der Waals surface area contributed by atoms with Gasteiger partial charge in [-0.25, -0.2) is 4.79 Å². The summed E-state index contributed by atoms with van der Waals surface area (Å²) in [5, 5.41) is 23.5. The zero-order chi connectivity index (χ0) is 14.9. The van der Waals surface area contributed by atoms with Crippen molar-refractivity contribution >= 4 is 17.3 Å². The van der Waals surface area contributed by atoms with Crippen LogP contribution in [0.2, 0.25) is 0 Å². The first-order valence-electron chi connectivity index (χ1n) is 6.69. The number of nitro benzene ring substituents is 1. The molecule has 0 aromatic heterocycles. The topological polar surface area (TPSA) is 92.5 Å². The predicted octanol–water partition coefficient (Wildman–Crippen LogP) is 3.35. The highest BCUT2D eigenvalue weighted by atomic mass is 16.6. The van der Waals surface area contributed by atoms with Crippen molar-refractivity contribution in [3.05, 3.63) is 33.4 Å². The Labute approximate surface area is 117 Å². The van der Waals surface area contributed by atoms with E-state index in [9.17, 15) is 14.9 Å². The van der Waals surface area contributed by atoms with Crippen molar-refractivity contribution < 1.29 is 14.8 Å². The molecular formula is C14H18N2O4. The molecule has 6 nitrogen and oxygen atoms in total. The number of carbonyl (C=O) groups is 1. The molecule has 0 bridgehead atoms. The van der Waals surface area contributed by atoms with E-state index in [-0.39, 0.29) is 16.8 Å². The Hall–Kier alpha value is -2.11. The maximum absolute atomic E-state index is 11.1. The van der Waals surface area contributed by atoms with E-state index in [1.807, 2.05) is 0 Å². The molecule has 1 aromatic carbocycles. The van der Waals surface area contributed by atoms with Gasteiger partial charge in [0.15, 0.2) is 0 Å². The van der Waals surface area contributed by atoms with Crippen molar-refractivity contribution in [2.45, 2.75) is 45.1 Å². The molecule has 2 N–H and O–H groups in total. The van der Waals surface area contributed by atoms with Crippen LogP contribution in [0.15, 0.2) is 12.1 Å². The number of rotatable bonds is 5. The summed E-state index contributed by atoms with van der Waals surface area (Å²) in [5.74, 6) is -1.16. The molecule has 1 aliphatic rings. The van der Waals surface area contributed by atoms with Gasteiger partial charge in [-0.05, 0) is 38.7 Å². The summed E-state index contributed by atoms with van der Waals surface area (Å²) in [4.78, 5) is 21.6. The van der Waals surface area contributed by atoms with Crippen LogP contribution in [0.4, 0.5) is 11.4 Å². The van der Waals surface area contributed by atoms with E-state index >= 15 is 0 Å². The zero-order valence-corrected chi connectivity index (χ0v) is 11.6. The molecule has 2 rings (SSSR count). The summed E-state index contributed by atoms with van der Waals surface area (Å²) >= 11 is 0. The lowest BCUT2D eigenvalue weighted by Crippen LogP contribution is -2.44. The largest absolute Gasteiger partial charge is 0.478 e. The fourth-order valence-electron chi connectivity index (χ4n) is 2.60. The molecule has 0 unspecified atom stereocenters. The summed E-state index contributed by atoms with van der Waals surface area (Å²) in [7, 11) is 0. The molecule has 0 saturated heterocycles. The van der Waals surface area contributed by atoms with Gasteiger partial charge in [0.1, 0.15) is 0 Å². The average molecular weight is 278 g/mol. The molecule has 6 heteroatoms. The Bertz CT molecular complexity index is 559. The fourth-order valence-corrected chi connectivity index (χ4v) is 2.60. The first-order chi connectivity index (χ1) is 9.38. The smallest absolute Gasteiger partial charge is 0.336 e. The molecule has 0 heterocycles. The maximum atomic E-state index is 11.1. The van der Waals surface area contributed by atoms with Gasteiger partial charge in [0.25, 0.3) is 5.69 Å². The summed E-state index contributed by atoms with van der Waals surface area (Å²) in [6.07, 6.45) is 4.06. The lowest BCUT2D eigenvalue weighted by atomic mass is 9.74. The van der Waals surface area contributed by atoms with Crippen LogP contribution in [0.5, 0.6) is 0 Å². The van der Waals surface area contributed by atoms with Gasteiger partial charge in [-0.2, -0.15) is 0 Å². The summed E-state index contributed by atoms with van der Waals surface area (Å²) in [6.45, 7) is 3.71. The first-order valence-corrected chi connectivity index (χ1v) is 6.69. The Kier molecular flexibility index (Phi) is 3.65. The Morgan fingerprint density at radius 2 is 2.15 bits per heavy atom. The van der Waals surface area contributed by atoms with Gasteiger partial charge in [-0.3, -0.25) is 10.1 Å². The van der Waals surface area contributed by atoms with Gasteiger partial charge in [0.2, 0.25) is 0 Å². The highest BCUT2D eigenvalue weighted by molar-refractivity contribution is 5.90. The first kappa shape index (κ1) is 14.3. The van der Waals surface area contributed by atoms with Crippen LogP contribution >= 0.6 is 0 Å². The highest BCUT2D eigenvalue weighted by Gasteiger charge is 2.36. The highest BCUT2D eigenvalue weighted by Crippen LogP contribution is 2.40. The maximum Gasteiger partial charge on any atom is 0.336 e. The third-order valence-corrected chi connectivity index (χ3v) is 4.21. The molecular weight excluding hydrogens is 260 g/mol. The third kappa shape index (κ3) is 2.45. The Morgan fingerprint density at radius 3 is 2.55 bits per heavy atom. The van der Waals surface area contributed by atoms with Crippen molar-refractivity contribution in [1.82, 2.24) is 0 Å². The lowest BCUT2D eigenvalue weighted by molar-refractivity contribution is -0.385. The van der Waals surface area contributed by atoms with Gasteiger partial charge in [-0.1, -0.05) is 6.92 Å². The third-order valence-electron chi connectivity index (χ3n) is 4.21. The number of aromatic carboxylic acids is 1. The van der Waals surface area contributed by atoms with Gasteiger partial charge < -0.3 is 10.4 Å². The fraction of sp³-hybridized carbons (Fsp3) is 0.500. The monoisotopic (exact) mass is 278 g/mol. The molecule has 1 aromatic rings. The number of anilines is 1. The Balaban J connectivity index is 2.45. The molecule has 0 aliphatic heterocycles. The number of nitro groups is 1. The molecule has 1 aliphatic carbocycles. The Morgan fingerprint density at radius 1 is 1.50 bits per heavy atom. The van der Waals surface area contributed by atoms with Crippen molar-refractivity contribution in [3.8, 4) is 0 Å². The van der Waals surface area contributed by atoms with Crippen LogP contribution in [-0.4, -0.2) is 21.5 Å². The van der Waals surface area contributed by atoms with Crippen LogP contribution in [0.25, 0.3) is 0 Å². The van der Waals surface area contributed by atoms with Gasteiger partial charge >= 0.3 is 5.97 Å². The van der Waals surface area contributed by atoms with Crippen molar-refractivity contribution in [1.29, 1.82) is 0 Å². The van der Waals surface area contributed by atoms with E-state index in [0.717, 1.165) is 31.7 Å². The molecule has 0 amide bonds. The van der Waals surface area contributed by atoms with Crippen LogP contribution in [0.3, 0.4) is 0 Å². The number of nitrogens with one attached hydrogen (secondary N) is 1. The number of carboxylic acid groups (broad SMARTS) is 1. The van der Waals surface area contributed by atoms with E-state index in [2.05, 4.69) is 12.2 Å². The lowest BCUT2D eigenvalue weighted by Gasteiger charge is -2.43. The van der Waals surface area contributed by atoms with Gasteiger partial charge in [0.05, 0.1) is 10.5 Å². The van der Waals surface area contributed by atoms with Crippen molar-refractivity contribution in [3.63, 3.8) is 0 Å². The van der Waals surface area contributed by atoms with Gasteiger partial charge in [-0.15, -0.1) is 0 Å². The van der Waals surface area contributed by atoms with E-state index in [1.54, 1.807) is 6.92 Å². The molecule has 0 atom stereocenters. The summed E-state index contributed by atoms with van der Waals surface area (Å²) < 4.78 is 0. The van der Waals surface area contributed by atoms with Crippen LogP contribution < -0.4 is 5.32 Å². The minimum Gasteiger partial charge on any atom is -0.478 e. The van der Waals surface area contributed by atoms with Gasteiger partial charge in [0, 0.05) is 22.9 Å². The number of carboxylic acids is 1. The molecule has 108 valence electrons. The molecule has 1 fully saturated rings. The van der Waals surface area contributed by atoms with E-state index in [1.165, 1.54) is 6.07 Å². The van der Waals surface area contributed by atoms with E-state index in [0.29, 0.717) is 11.3 Å². The zero-order valence-electron chi connectivity index (χ0n) is 11.6. The minimum atomic E-state index is -1.16.